The molecule has 4 rings (SSSR count). The van der Waals surface area contributed by atoms with E-state index >= 15 is 0 Å². The van der Waals surface area contributed by atoms with Crippen molar-refractivity contribution in [2.75, 3.05) is 0 Å². The molecule has 174 valence electrons. The zero-order valence-electron chi connectivity index (χ0n) is 19.0. The third-order valence-corrected chi connectivity index (χ3v) is 5.87. The molecular weight excluding hydrogens is 436 g/mol. The number of aliphatic hydroxyl groups is 1. The number of carbonyl (C=O) groups excluding carboxylic acids is 2. The van der Waals surface area contributed by atoms with E-state index in [-0.39, 0.29) is 28.8 Å². The first kappa shape index (κ1) is 23.0. The summed E-state index contributed by atoms with van der Waals surface area (Å²) in [5, 5.41) is 22.3. The van der Waals surface area contributed by atoms with E-state index in [9.17, 15) is 24.8 Å². The monoisotopic (exact) mass is 460 g/mol. The van der Waals surface area contributed by atoms with E-state index in [4.69, 9.17) is 4.42 Å². The molecule has 3 aromatic rings. The molecule has 2 aromatic carbocycles. The number of nitrogens with zero attached hydrogens (tertiary/aromatic N) is 2. The van der Waals surface area contributed by atoms with Crippen molar-refractivity contribution >= 4 is 23.1 Å². The molecule has 1 saturated heterocycles. The molecule has 1 atom stereocenters. The fourth-order valence-electron chi connectivity index (χ4n) is 4.05. The second-order valence-corrected chi connectivity index (χ2v) is 9.19. The molecule has 0 bridgehead atoms. The quantitative estimate of drug-likeness (QED) is 0.186. The predicted octanol–water partition coefficient (Wildman–Crippen LogP) is 5.11. The molecule has 1 N–H and O–H groups in total. The molecule has 0 aliphatic carbocycles. The smallest absolute Gasteiger partial charge is 0.296 e. The maximum atomic E-state index is 13.1. The number of carbonyl (C=O) groups is 2. The van der Waals surface area contributed by atoms with Crippen LogP contribution in [0.4, 0.5) is 5.69 Å². The molecule has 0 unspecified atom stereocenters. The number of amides is 1. The summed E-state index contributed by atoms with van der Waals surface area (Å²) in [5.41, 5.74) is 1.32. The largest absolute Gasteiger partial charge is 0.507 e. The van der Waals surface area contributed by atoms with Crippen LogP contribution in [0.15, 0.2) is 76.9 Å². The number of furan rings is 1. The van der Waals surface area contributed by atoms with Gasteiger partial charge in [0.15, 0.2) is 0 Å². The Morgan fingerprint density at radius 3 is 2.38 bits per heavy atom. The van der Waals surface area contributed by atoms with Gasteiger partial charge >= 0.3 is 0 Å². The topological polar surface area (TPSA) is 114 Å². The Morgan fingerprint density at radius 2 is 1.79 bits per heavy atom. The molecule has 8 heteroatoms. The van der Waals surface area contributed by atoms with E-state index in [1.807, 2.05) is 24.3 Å². The van der Waals surface area contributed by atoms with Crippen molar-refractivity contribution in [3.63, 3.8) is 0 Å². The summed E-state index contributed by atoms with van der Waals surface area (Å²) >= 11 is 0. The lowest BCUT2D eigenvalue weighted by molar-refractivity contribution is -0.384. The lowest BCUT2D eigenvalue weighted by atomic mass is 9.85. The highest BCUT2D eigenvalue weighted by molar-refractivity contribution is 6.46. The van der Waals surface area contributed by atoms with Gasteiger partial charge in [0.25, 0.3) is 17.4 Å². The first-order valence-corrected chi connectivity index (χ1v) is 10.7. The van der Waals surface area contributed by atoms with Gasteiger partial charge in [-0.3, -0.25) is 19.7 Å². The SMILES string of the molecule is CC(C)(C)c1ccc([C@H]2/C(=C(\O)c3cccc([N+](=O)[O-])c3)C(=O)C(=O)N2Cc2ccco2)cc1. The molecule has 0 saturated carbocycles. The third-order valence-electron chi connectivity index (χ3n) is 5.87. The molecule has 1 amide bonds. The van der Waals surface area contributed by atoms with Crippen LogP contribution < -0.4 is 0 Å². The first-order chi connectivity index (χ1) is 16.1. The van der Waals surface area contributed by atoms with Crippen LogP contribution >= 0.6 is 0 Å². The number of aliphatic hydroxyl groups excluding tert-OH is 1. The van der Waals surface area contributed by atoms with Crippen LogP contribution in [0.5, 0.6) is 0 Å². The van der Waals surface area contributed by atoms with Crippen LogP contribution in [0.25, 0.3) is 5.76 Å². The lowest BCUT2D eigenvalue weighted by Crippen LogP contribution is -2.29. The fraction of sp³-hybridized carbons (Fsp3) is 0.231. The number of likely N-dealkylation sites (tertiary alicyclic amines) is 1. The first-order valence-electron chi connectivity index (χ1n) is 10.7. The maximum Gasteiger partial charge on any atom is 0.296 e. The van der Waals surface area contributed by atoms with Gasteiger partial charge in [-0.2, -0.15) is 0 Å². The van der Waals surface area contributed by atoms with Gasteiger partial charge in [0, 0.05) is 17.7 Å². The van der Waals surface area contributed by atoms with Crippen LogP contribution in [0.3, 0.4) is 0 Å². The van der Waals surface area contributed by atoms with Crippen LogP contribution in [-0.4, -0.2) is 26.6 Å². The molecular formula is C26H24N2O6. The molecule has 0 spiro atoms. The summed E-state index contributed by atoms with van der Waals surface area (Å²) in [7, 11) is 0. The highest BCUT2D eigenvalue weighted by Crippen LogP contribution is 2.41. The highest BCUT2D eigenvalue weighted by Gasteiger charge is 2.46. The molecule has 2 heterocycles. The average Bonchev–Trinajstić information content (AvgIpc) is 3.40. The van der Waals surface area contributed by atoms with Crippen molar-refractivity contribution in [1.29, 1.82) is 0 Å². The molecule has 8 nitrogen and oxygen atoms in total. The molecule has 1 aromatic heterocycles. The van der Waals surface area contributed by atoms with Gasteiger partial charge in [-0.05, 0) is 28.7 Å². The minimum absolute atomic E-state index is 0.0228. The average molecular weight is 460 g/mol. The highest BCUT2D eigenvalue weighted by atomic mass is 16.6. The minimum Gasteiger partial charge on any atom is -0.507 e. The van der Waals surface area contributed by atoms with Gasteiger partial charge in [0.1, 0.15) is 11.5 Å². The lowest BCUT2D eigenvalue weighted by Gasteiger charge is -2.26. The fourth-order valence-corrected chi connectivity index (χ4v) is 4.05. The van der Waals surface area contributed by atoms with Gasteiger partial charge in [0.2, 0.25) is 0 Å². The van der Waals surface area contributed by atoms with Gasteiger partial charge in [0.05, 0.1) is 29.3 Å². The summed E-state index contributed by atoms with van der Waals surface area (Å²) < 4.78 is 5.39. The standard InChI is InChI=1S/C26H24N2O6/c1-26(2,3)18-11-9-16(10-12-18)22-21(23(29)17-6-4-7-19(14-17)28(32)33)24(30)25(31)27(22)15-20-8-5-13-34-20/h4-14,22,29H,15H2,1-3H3/b23-21+/t22-/m0/s1. The second kappa shape index (κ2) is 8.62. The third kappa shape index (κ3) is 4.22. The number of hydrogen-bond acceptors (Lipinski definition) is 6. The van der Waals surface area contributed by atoms with E-state index in [0.717, 1.165) is 5.56 Å². The summed E-state index contributed by atoms with van der Waals surface area (Å²) in [4.78, 5) is 38.1. The summed E-state index contributed by atoms with van der Waals surface area (Å²) in [6.07, 6.45) is 1.47. The Hall–Kier alpha value is -4.20. The number of benzene rings is 2. The molecule has 1 aliphatic heterocycles. The van der Waals surface area contributed by atoms with E-state index in [0.29, 0.717) is 11.3 Å². The Morgan fingerprint density at radius 1 is 1.09 bits per heavy atom. The molecule has 1 aliphatic rings. The molecule has 34 heavy (non-hydrogen) atoms. The Labute approximate surface area is 196 Å². The van der Waals surface area contributed by atoms with Crippen LogP contribution in [0.2, 0.25) is 0 Å². The van der Waals surface area contributed by atoms with E-state index in [1.165, 1.54) is 35.4 Å². The maximum absolute atomic E-state index is 13.1. The van der Waals surface area contributed by atoms with Crippen molar-refractivity contribution in [1.82, 2.24) is 4.90 Å². The van der Waals surface area contributed by atoms with Crippen LogP contribution in [0, 0.1) is 10.1 Å². The van der Waals surface area contributed by atoms with Crippen molar-refractivity contribution in [3.05, 3.63) is 105 Å². The Kier molecular flexibility index (Phi) is 5.83. The van der Waals surface area contributed by atoms with Crippen molar-refractivity contribution in [2.24, 2.45) is 0 Å². The summed E-state index contributed by atoms with van der Waals surface area (Å²) in [5.74, 6) is -1.63. The summed E-state index contributed by atoms with van der Waals surface area (Å²) in [6, 6.07) is 15.3. The van der Waals surface area contributed by atoms with E-state index in [1.54, 1.807) is 12.1 Å². The van der Waals surface area contributed by atoms with Crippen molar-refractivity contribution < 1.29 is 24.0 Å². The Balaban J connectivity index is 1.87. The number of ketones is 1. The van der Waals surface area contributed by atoms with Crippen LogP contribution in [0.1, 0.15) is 49.3 Å². The van der Waals surface area contributed by atoms with Gasteiger partial charge in [-0.15, -0.1) is 0 Å². The summed E-state index contributed by atoms with van der Waals surface area (Å²) in [6.45, 7) is 6.25. The number of rotatable bonds is 5. The minimum atomic E-state index is -0.890. The van der Waals surface area contributed by atoms with E-state index in [2.05, 4.69) is 20.8 Å². The van der Waals surface area contributed by atoms with E-state index < -0.39 is 28.4 Å². The van der Waals surface area contributed by atoms with Gasteiger partial charge < -0.3 is 14.4 Å². The second-order valence-electron chi connectivity index (χ2n) is 9.19. The van der Waals surface area contributed by atoms with Gasteiger partial charge in [-0.25, -0.2) is 0 Å². The number of Topliss-reactive ketones (excluding diaryl/α,β-unsaturated/α-hetero) is 1. The zero-order valence-corrected chi connectivity index (χ0v) is 19.0. The predicted molar refractivity (Wildman–Crippen MR) is 125 cm³/mol. The number of hydrogen-bond donors (Lipinski definition) is 1. The van der Waals surface area contributed by atoms with Gasteiger partial charge in [-0.1, -0.05) is 57.2 Å². The zero-order chi connectivity index (χ0) is 24.6. The Bertz CT molecular complexity index is 1280. The van der Waals surface area contributed by atoms with Crippen molar-refractivity contribution in [3.8, 4) is 0 Å². The number of non-ortho nitro benzene ring substituents is 1. The molecule has 1 fully saturated rings. The molecule has 0 radical (unpaired) electrons. The van der Waals surface area contributed by atoms with Crippen molar-refractivity contribution in [2.45, 2.75) is 38.8 Å². The normalized spacial score (nSPS) is 17.9. The van der Waals surface area contributed by atoms with Crippen LogP contribution in [-0.2, 0) is 21.5 Å². The number of nitro groups is 1. The number of nitro benzene ring substituents is 1.